The van der Waals surface area contributed by atoms with Gasteiger partial charge in [-0.25, -0.2) is 9.89 Å². The van der Waals surface area contributed by atoms with Gasteiger partial charge in [0.25, 0.3) is 5.56 Å². The average Bonchev–Trinajstić information content (AvgIpc) is 3.13. The quantitative estimate of drug-likeness (QED) is 0.660. The highest BCUT2D eigenvalue weighted by Gasteiger charge is 2.22. The van der Waals surface area contributed by atoms with Crippen LogP contribution >= 0.6 is 0 Å². The minimum absolute atomic E-state index is 0.0764. The third-order valence-electron chi connectivity index (χ3n) is 3.61. The number of carbonyl (C=O) groups is 2. The van der Waals surface area contributed by atoms with Gasteiger partial charge in [-0.2, -0.15) is 5.10 Å². The molecule has 0 saturated heterocycles. The summed E-state index contributed by atoms with van der Waals surface area (Å²) in [6, 6.07) is 3.67. The van der Waals surface area contributed by atoms with Gasteiger partial charge in [-0.15, -0.1) is 0 Å². The maximum Gasteiger partial charge on any atom is 0.341 e. The first kappa shape index (κ1) is 15.5. The fourth-order valence-corrected chi connectivity index (χ4v) is 2.39. The van der Waals surface area contributed by atoms with Crippen LogP contribution in [0.4, 0.5) is 0 Å². The number of nitrogens with one attached hydrogen (secondary N) is 2. The Morgan fingerprint density at radius 1 is 1.38 bits per heavy atom. The number of amides is 1. The number of methoxy groups -OCH3 is 1. The van der Waals surface area contributed by atoms with E-state index in [-0.39, 0.29) is 29.1 Å². The molecule has 0 unspecified atom stereocenters. The molecule has 0 spiro atoms. The van der Waals surface area contributed by atoms with E-state index in [1.54, 1.807) is 0 Å². The second kappa shape index (κ2) is 6.03. The molecule has 2 aliphatic rings. The molecule has 0 radical (unpaired) electrons. The number of esters is 1. The maximum atomic E-state index is 12.2. The van der Waals surface area contributed by atoms with Crippen molar-refractivity contribution in [2.75, 3.05) is 12.5 Å². The number of ether oxygens (including phenoxy) is 1. The molecule has 3 heterocycles. The molecule has 2 N–H and O–H groups in total. The average molecular weight is 329 g/mol. The van der Waals surface area contributed by atoms with E-state index in [0.717, 1.165) is 5.69 Å². The third-order valence-corrected chi connectivity index (χ3v) is 3.61. The fourth-order valence-electron chi connectivity index (χ4n) is 2.39. The highest BCUT2D eigenvalue weighted by Crippen LogP contribution is 2.19. The Labute approximate surface area is 136 Å². The lowest BCUT2D eigenvalue weighted by atomic mass is 10.1. The van der Waals surface area contributed by atoms with Crippen LogP contribution in [0.3, 0.4) is 0 Å². The number of carbonyl (C=O) groups excluding carboxylic acids is 2. The van der Waals surface area contributed by atoms with Gasteiger partial charge in [0.15, 0.2) is 0 Å². The summed E-state index contributed by atoms with van der Waals surface area (Å²) in [5.41, 5.74) is 3.43. The van der Waals surface area contributed by atoms with Crippen LogP contribution in [0.25, 0.3) is 11.3 Å². The molecule has 9 heteroatoms. The van der Waals surface area contributed by atoms with Gasteiger partial charge in [-0.05, 0) is 12.1 Å². The number of nitrogens with zero attached hydrogens (tertiary/aromatic N) is 3. The zero-order valence-corrected chi connectivity index (χ0v) is 13.1. The van der Waals surface area contributed by atoms with Crippen LogP contribution in [0.5, 0.6) is 0 Å². The van der Waals surface area contributed by atoms with Crippen LogP contribution in [0.1, 0.15) is 16.1 Å². The van der Waals surface area contributed by atoms with E-state index < -0.39 is 11.5 Å². The lowest BCUT2D eigenvalue weighted by Crippen LogP contribution is -2.26. The Kier molecular flexibility index (Phi) is 3.90. The van der Waals surface area contributed by atoms with E-state index in [9.17, 15) is 14.4 Å². The standard InChI is InChI=1S/C15H15N5O4/c1-19-5-3-4-9(19)6-12(21)18-20-7-10-13(16-17-14(10)22)11(8-20)15(23)24-2/h3-5,7-8H,6H2,1-2H3,(H,17,22)(H,18,21). The molecule has 3 rings (SSSR count). The van der Waals surface area contributed by atoms with Crippen molar-refractivity contribution in [2.24, 2.45) is 7.05 Å². The van der Waals surface area contributed by atoms with Crippen LogP contribution < -0.4 is 11.0 Å². The molecule has 9 nitrogen and oxygen atoms in total. The molecule has 124 valence electrons. The first-order valence-corrected chi connectivity index (χ1v) is 7.08. The van der Waals surface area contributed by atoms with Crippen LogP contribution in [-0.2, 0) is 23.0 Å². The molecule has 1 aromatic rings. The summed E-state index contributed by atoms with van der Waals surface area (Å²) in [4.78, 5) is 35.8. The van der Waals surface area contributed by atoms with Crippen LogP contribution in [0, 0.1) is 0 Å². The third kappa shape index (κ3) is 2.78. The Bertz CT molecular complexity index is 936. The molecule has 2 aliphatic heterocycles. The van der Waals surface area contributed by atoms with Gasteiger partial charge in [0.05, 0.1) is 19.1 Å². The van der Waals surface area contributed by atoms with Gasteiger partial charge in [0, 0.05) is 31.3 Å². The van der Waals surface area contributed by atoms with Crippen LogP contribution in [-0.4, -0.2) is 38.4 Å². The monoisotopic (exact) mass is 329 g/mol. The molecule has 1 aromatic heterocycles. The number of rotatable bonds is 4. The number of hydrogen-bond acceptors (Lipinski definition) is 5. The Morgan fingerprint density at radius 3 is 2.83 bits per heavy atom. The highest BCUT2D eigenvalue weighted by molar-refractivity contribution is 5.96. The molecule has 0 aromatic carbocycles. The number of pyridine rings is 1. The van der Waals surface area contributed by atoms with Crippen LogP contribution in [0.2, 0.25) is 0 Å². The lowest BCUT2D eigenvalue weighted by molar-refractivity contribution is -0.116. The first-order chi connectivity index (χ1) is 11.5. The van der Waals surface area contributed by atoms with Gasteiger partial charge in [-0.3, -0.25) is 19.7 Å². The van der Waals surface area contributed by atoms with Crippen LogP contribution in [0.15, 0.2) is 35.5 Å². The summed E-state index contributed by atoms with van der Waals surface area (Å²) >= 11 is 0. The fraction of sp³-hybridized carbons (Fsp3) is 0.200. The molecular weight excluding hydrogens is 314 g/mol. The number of fused-ring (bicyclic) bond motifs is 1. The summed E-state index contributed by atoms with van der Waals surface area (Å²) in [7, 11) is 3.07. The second-order valence-electron chi connectivity index (χ2n) is 5.21. The van der Waals surface area contributed by atoms with Gasteiger partial charge >= 0.3 is 5.97 Å². The largest absolute Gasteiger partial charge is 0.465 e. The Morgan fingerprint density at radius 2 is 2.17 bits per heavy atom. The van der Waals surface area contributed by atoms with Gasteiger partial charge in [0.2, 0.25) is 5.91 Å². The smallest absolute Gasteiger partial charge is 0.341 e. The predicted octanol–water partition coefficient (Wildman–Crippen LogP) is 0.114. The SMILES string of the molecule is COC(=O)c1cn(NC(=O)Cc2cccn2C)cc2c(=O)[nH]nc1-2. The van der Waals surface area contributed by atoms with Crippen molar-refractivity contribution < 1.29 is 14.3 Å². The number of H-pyrrole nitrogens is 1. The molecule has 0 aliphatic carbocycles. The number of aromatic amines is 1. The van der Waals surface area contributed by atoms with Crippen molar-refractivity contribution in [1.82, 2.24) is 19.4 Å². The van der Waals surface area contributed by atoms with E-state index in [4.69, 9.17) is 4.74 Å². The highest BCUT2D eigenvalue weighted by atomic mass is 16.5. The van der Waals surface area contributed by atoms with Gasteiger partial charge in [0.1, 0.15) is 11.3 Å². The van der Waals surface area contributed by atoms with Crippen molar-refractivity contribution in [3.8, 4) is 11.3 Å². The lowest BCUT2D eigenvalue weighted by Gasteiger charge is -2.13. The number of aryl methyl sites for hydroxylation is 1. The molecule has 0 saturated carbocycles. The summed E-state index contributed by atoms with van der Waals surface area (Å²) in [5.74, 6) is -0.953. The van der Waals surface area contributed by atoms with Crippen molar-refractivity contribution in [3.63, 3.8) is 0 Å². The van der Waals surface area contributed by atoms with Gasteiger partial charge in [-0.1, -0.05) is 0 Å². The second-order valence-corrected chi connectivity index (χ2v) is 5.21. The summed E-state index contributed by atoms with van der Waals surface area (Å²) in [6.07, 6.45) is 4.75. The Balaban J connectivity index is 1.91. The van der Waals surface area contributed by atoms with Crippen molar-refractivity contribution in [1.29, 1.82) is 0 Å². The summed E-state index contributed by atoms with van der Waals surface area (Å²) < 4.78 is 7.78. The zero-order chi connectivity index (χ0) is 17.3. The zero-order valence-electron chi connectivity index (χ0n) is 13.1. The van der Waals surface area contributed by atoms with E-state index in [2.05, 4.69) is 15.6 Å². The number of hydrogen-bond donors (Lipinski definition) is 2. The van der Waals surface area contributed by atoms with E-state index in [0.29, 0.717) is 0 Å². The minimum atomic E-state index is -0.655. The first-order valence-electron chi connectivity index (χ1n) is 7.08. The molecule has 24 heavy (non-hydrogen) atoms. The molecular formula is C15H15N5O4. The molecule has 0 bridgehead atoms. The topological polar surface area (TPSA) is 111 Å². The van der Waals surface area contributed by atoms with E-state index in [1.165, 1.54) is 24.2 Å². The Hall–Kier alpha value is -3.36. The van der Waals surface area contributed by atoms with Crippen molar-refractivity contribution in [2.45, 2.75) is 6.42 Å². The predicted molar refractivity (Wildman–Crippen MR) is 84.3 cm³/mol. The minimum Gasteiger partial charge on any atom is -0.465 e. The summed E-state index contributed by atoms with van der Waals surface area (Å²) in [5, 5.41) is 6.09. The van der Waals surface area contributed by atoms with Gasteiger partial charge < -0.3 is 9.30 Å². The van der Waals surface area contributed by atoms with E-state index >= 15 is 0 Å². The summed E-state index contributed by atoms with van der Waals surface area (Å²) in [6.45, 7) is 0. The maximum absolute atomic E-state index is 12.2. The van der Waals surface area contributed by atoms with Crippen molar-refractivity contribution in [3.05, 3.63) is 52.3 Å². The van der Waals surface area contributed by atoms with E-state index in [1.807, 2.05) is 29.9 Å². The molecule has 0 atom stereocenters. The molecule has 0 fully saturated rings. The molecule has 1 amide bonds. The van der Waals surface area contributed by atoms with Crippen molar-refractivity contribution >= 4 is 11.9 Å². The normalized spacial score (nSPS) is 10.8. The number of aromatic nitrogens is 4.